The molecule has 0 bridgehead atoms. The molecule has 4 heteroatoms. The number of anilines is 1. The van der Waals surface area contributed by atoms with Crippen molar-refractivity contribution in [2.75, 3.05) is 25.0 Å². The number of carbonyl (C=O) groups excluding carboxylic acids is 1. The average molecular weight is 357 g/mol. The van der Waals surface area contributed by atoms with Gasteiger partial charge in [0, 0.05) is 31.2 Å². The molecule has 4 nitrogen and oxygen atoms in total. The summed E-state index contributed by atoms with van der Waals surface area (Å²) in [6.07, 6.45) is 2.93. The molecule has 2 aliphatic heterocycles. The lowest BCUT2D eigenvalue weighted by atomic mass is 9.89. The Kier molecular flexibility index (Phi) is 5.05. The third-order valence-corrected chi connectivity index (χ3v) is 5.11. The van der Waals surface area contributed by atoms with Crippen LogP contribution in [0.25, 0.3) is 5.57 Å². The highest BCUT2D eigenvalue weighted by Gasteiger charge is 2.27. The van der Waals surface area contributed by atoms with Crippen LogP contribution in [0.15, 0.2) is 18.2 Å². The lowest BCUT2D eigenvalue weighted by Gasteiger charge is -2.30. The highest BCUT2D eigenvalue weighted by molar-refractivity contribution is 5.78. The van der Waals surface area contributed by atoms with Crippen LogP contribution in [0.4, 0.5) is 10.5 Å². The first-order valence-corrected chi connectivity index (χ1v) is 9.74. The van der Waals surface area contributed by atoms with Crippen LogP contribution in [0, 0.1) is 0 Å². The van der Waals surface area contributed by atoms with Crippen molar-refractivity contribution in [1.29, 1.82) is 0 Å². The zero-order valence-corrected chi connectivity index (χ0v) is 17.0. The summed E-state index contributed by atoms with van der Waals surface area (Å²) in [4.78, 5) is 14.3. The molecule has 0 radical (unpaired) electrons. The summed E-state index contributed by atoms with van der Waals surface area (Å²) in [6.45, 7) is 14.8. The Bertz CT molecular complexity index is 728. The number of nitrogens with zero attached hydrogens (tertiary/aromatic N) is 1. The molecule has 0 aromatic heterocycles. The van der Waals surface area contributed by atoms with Gasteiger partial charge in [0.1, 0.15) is 5.60 Å². The van der Waals surface area contributed by atoms with Crippen LogP contribution in [0.5, 0.6) is 0 Å². The van der Waals surface area contributed by atoms with Crippen molar-refractivity contribution >= 4 is 17.4 Å². The second-order valence-corrected chi connectivity index (χ2v) is 8.89. The van der Waals surface area contributed by atoms with Gasteiger partial charge in [-0.1, -0.05) is 26.8 Å². The lowest BCUT2D eigenvalue weighted by Crippen LogP contribution is -2.39. The number of fused-ring (bicyclic) bond motifs is 1. The summed E-state index contributed by atoms with van der Waals surface area (Å²) >= 11 is 0. The third kappa shape index (κ3) is 3.89. The maximum absolute atomic E-state index is 12.5. The molecule has 0 spiro atoms. The van der Waals surface area contributed by atoms with E-state index < -0.39 is 5.60 Å². The minimum Gasteiger partial charge on any atom is -0.444 e. The predicted molar refractivity (Wildman–Crippen MR) is 108 cm³/mol. The molecule has 1 aromatic rings. The second kappa shape index (κ2) is 6.98. The minimum atomic E-state index is -0.460. The lowest BCUT2D eigenvalue weighted by molar-refractivity contribution is 0.0273. The van der Waals surface area contributed by atoms with Crippen LogP contribution in [0.2, 0.25) is 0 Å². The SMILES string of the molecule is CC(C)c1cc(C2=CCCN(C(=O)OC(C)(C)C)C2)cc2c1NCC2C. The molecule has 26 heavy (non-hydrogen) atoms. The van der Waals surface area contributed by atoms with Crippen molar-refractivity contribution in [3.8, 4) is 0 Å². The van der Waals surface area contributed by atoms with Gasteiger partial charge in [-0.25, -0.2) is 4.79 Å². The molecular weight excluding hydrogens is 324 g/mol. The van der Waals surface area contributed by atoms with E-state index in [9.17, 15) is 4.79 Å². The predicted octanol–water partition coefficient (Wildman–Crippen LogP) is 5.36. The molecule has 0 aliphatic carbocycles. The molecule has 1 atom stereocenters. The summed E-state index contributed by atoms with van der Waals surface area (Å²) in [5.74, 6) is 0.987. The van der Waals surface area contributed by atoms with Crippen LogP contribution in [0.3, 0.4) is 0 Å². The molecule has 0 saturated heterocycles. The van der Waals surface area contributed by atoms with Gasteiger partial charge in [0.05, 0.1) is 0 Å². The van der Waals surface area contributed by atoms with E-state index in [0.717, 1.165) is 19.5 Å². The monoisotopic (exact) mass is 356 g/mol. The number of rotatable bonds is 2. The van der Waals surface area contributed by atoms with E-state index in [2.05, 4.69) is 44.3 Å². The van der Waals surface area contributed by atoms with Gasteiger partial charge in [-0.3, -0.25) is 0 Å². The quantitative estimate of drug-likeness (QED) is 0.775. The number of ether oxygens (including phenoxy) is 1. The van der Waals surface area contributed by atoms with Gasteiger partial charge in [0.25, 0.3) is 0 Å². The fourth-order valence-corrected chi connectivity index (χ4v) is 3.72. The zero-order chi connectivity index (χ0) is 19.1. The van der Waals surface area contributed by atoms with Gasteiger partial charge in [-0.05, 0) is 67.5 Å². The molecule has 142 valence electrons. The number of benzene rings is 1. The summed E-state index contributed by atoms with van der Waals surface area (Å²) in [5.41, 5.74) is 6.11. The van der Waals surface area contributed by atoms with Gasteiger partial charge < -0.3 is 15.0 Å². The van der Waals surface area contributed by atoms with Crippen molar-refractivity contribution in [3.05, 3.63) is 34.9 Å². The smallest absolute Gasteiger partial charge is 0.410 e. The molecule has 1 N–H and O–H groups in total. The van der Waals surface area contributed by atoms with E-state index in [1.54, 1.807) is 0 Å². The molecule has 1 aromatic carbocycles. The number of hydrogen-bond acceptors (Lipinski definition) is 3. The van der Waals surface area contributed by atoms with Crippen LogP contribution >= 0.6 is 0 Å². The minimum absolute atomic E-state index is 0.219. The molecule has 1 unspecified atom stereocenters. The fourth-order valence-electron chi connectivity index (χ4n) is 3.72. The van der Waals surface area contributed by atoms with E-state index in [1.165, 1.54) is 28.0 Å². The normalized spacial score (nSPS) is 19.9. The first-order valence-electron chi connectivity index (χ1n) is 9.74. The van der Waals surface area contributed by atoms with E-state index in [-0.39, 0.29) is 6.09 Å². The van der Waals surface area contributed by atoms with Gasteiger partial charge in [0.2, 0.25) is 0 Å². The van der Waals surface area contributed by atoms with E-state index in [4.69, 9.17) is 4.74 Å². The maximum atomic E-state index is 12.5. The molecule has 1 amide bonds. The molecule has 2 aliphatic rings. The highest BCUT2D eigenvalue weighted by atomic mass is 16.6. The van der Waals surface area contributed by atoms with Crippen LogP contribution < -0.4 is 5.32 Å². The Balaban J connectivity index is 1.87. The topological polar surface area (TPSA) is 41.6 Å². The number of nitrogens with one attached hydrogen (secondary N) is 1. The number of amides is 1. The fraction of sp³-hybridized carbons (Fsp3) is 0.591. The Morgan fingerprint density at radius 3 is 2.69 bits per heavy atom. The van der Waals surface area contributed by atoms with Gasteiger partial charge in [-0.2, -0.15) is 0 Å². The van der Waals surface area contributed by atoms with Crippen LogP contribution in [-0.4, -0.2) is 36.2 Å². The molecular formula is C22H32N2O2. The van der Waals surface area contributed by atoms with Gasteiger partial charge in [0.15, 0.2) is 0 Å². The van der Waals surface area contributed by atoms with Crippen molar-refractivity contribution in [3.63, 3.8) is 0 Å². The Labute approximate surface area is 157 Å². The van der Waals surface area contributed by atoms with Crippen LogP contribution in [-0.2, 0) is 4.74 Å². The Morgan fingerprint density at radius 1 is 1.31 bits per heavy atom. The molecule has 3 rings (SSSR count). The van der Waals surface area contributed by atoms with Crippen molar-refractivity contribution in [2.24, 2.45) is 0 Å². The molecule has 0 fully saturated rings. The van der Waals surface area contributed by atoms with Crippen molar-refractivity contribution in [1.82, 2.24) is 4.90 Å². The van der Waals surface area contributed by atoms with Crippen molar-refractivity contribution in [2.45, 2.75) is 65.4 Å². The summed E-state index contributed by atoms with van der Waals surface area (Å²) in [5, 5.41) is 3.58. The van der Waals surface area contributed by atoms with E-state index in [1.807, 2.05) is 25.7 Å². The Morgan fingerprint density at radius 2 is 2.04 bits per heavy atom. The molecule has 2 heterocycles. The first kappa shape index (κ1) is 18.8. The molecule has 0 saturated carbocycles. The third-order valence-electron chi connectivity index (χ3n) is 5.11. The number of hydrogen-bond donors (Lipinski definition) is 1. The van der Waals surface area contributed by atoms with E-state index in [0.29, 0.717) is 18.4 Å². The summed E-state index contributed by atoms with van der Waals surface area (Å²) in [7, 11) is 0. The number of carbonyl (C=O) groups is 1. The summed E-state index contributed by atoms with van der Waals surface area (Å²) < 4.78 is 5.56. The van der Waals surface area contributed by atoms with E-state index >= 15 is 0 Å². The van der Waals surface area contributed by atoms with Gasteiger partial charge in [-0.15, -0.1) is 0 Å². The largest absolute Gasteiger partial charge is 0.444 e. The average Bonchev–Trinajstić information content (AvgIpc) is 2.94. The zero-order valence-electron chi connectivity index (χ0n) is 17.0. The second-order valence-electron chi connectivity index (χ2n) is 8.89. The maximum Gasteiger partial charge on any atom is 0.410 e. The van der Waals surface area contributed by atoms with Crippen LogP contribution in [0.1, 0.15) is 76.5 Å². The summed E-state index contributed by atoms with van der Waals surface area (Å²) in [6, 6.07) is 4.62. The standard InChI is InChI=1S/C22H32N2O2/c1-14(2)18-10-17(11-19-15(3)12-23-20(18)19)16-8-7-9-24(13-16)21(25)26-22(4,5)6/h8,10-11,14-15,23H,7,9,12-13H2,1-6H3. The van der Waals surface area contributed by atoms with Crippen molar-refractivity contribution < 1.29 is 9.53 Å². The Hall–Kier alpha value is -1.97. The van der Waals surface area contributed by atoms with Gasteiger partial charge >= 0.3 is 6.09 Å². The first-order chi connectivity index (χ1) is 12.2. The highest BCUT2D eigenvalue weighted by Crippen LogP contribution is 2.40.